The van der Waals surface area contributed by atoms with E-state index in [1.807, 2.05) is 0 Å². The Morgan fingerprint density at radius 3 is 2.75 bits per heavy atom. The fraction of sp³-hybridized carbons (Fsp3) is 0.571. The third-order valence-electron chi connectivity index (χ3n) is 3.56. The van der Waals surface area contributed by atoms with Crippen LogP contribution in [0.25, 0.3) is 0 Å². The molecule has 0 bridgehead atoms. The molecule has 20 heavy (non-hydrogen) atoms. The van der Waals surface area contributed by atoms with Crippen LogP contribution >= 0.6 is 0 Å². The van der Waals surface area contributed by atoms with Gasteiger partial charge in [-0.05, 0) is 31.9 Å². The molecule has 0 radical (unpaired) electrons. The SMILES string of the molecule is CC1(O)CCN(C(=O)CCNC(=O)c2ccco2)CC1. The molecule has 2 rings (SSSR count). The van der Waals surface area contributed by atoms with Crippen LogP contribution in [0.4, 0.5) is 0 Å². The fourth-order valence-corrected chi connectivity index (χ4v) is 2.17. The van der Waals surface area contributed by atoms with Crippen molar-refractivity contribution in [3.8, 4) is 0 Å². The summed E-state index contributed by atoms with van der Waals surface area (Å²) in [5.41, 5.74) is -0.662. The van der Waals surface area contributed by atoms with Gasteiger partial charge in [-0.25, -0.2) is 0 Å². The Morgan fingerprint density at radius 2 is 2.15 bits per heavy atom. The summed E-state index contributed by atoms with van der Waals surface area (Å²) >= 11 is 0. The minimum atomic E-state index is -0.662. The highest BCUT2D eigenvalue weighted by molar-refractivity contribution is 5.91. The molecule has 2 amide bonds. The fourth-order valence-electron chi connectivity index (χ4n) is 2.17. The molecule has 0 spiro atoms. The van der Waals surface area contributed by atoms with Gasteiger partial charge in [-0.1, -0.05) is 0 Å². The summed E-state index contributed by atoms with van der Waals surface area (Å²) in [4.78, 5) is 25.3. The molecular weight excluding hydrogens is 260 g/mol. The van der Waals surface area contributed by atoms with E-state index < -0.39 is 5.60 Å². The average Bonchev–Trinajstić information content (AvgIpc) is 2.92. The predicted molar refractivity (Wildman–Crippen MR) is 72.1 cm³/mol. The van der Waals surface area contributed by atoms with Gasteiger partial charge < -0.3 is 19.7 Å². The molecule has 2 heterocycles. The van der Waals surface area contributed by atoms with Crippen LogP contribution in [0.15, 0.2) is 22.8 Å². The quantitative estimate of drug-likeness (QED) is 0.853. The highest BCUT2D eigenvalue weighted by Gasteiger charge is 2.29. The van der Waals surface area contributed by atoms with E-state index in [-0.39, 0.29) is 30.5 Å². The maximum absolute atomic E-state index is 11.9. The second-order valence-corrected chi connectivity index (χ2v) is 5.36. The van der Waals surface area contributed by atoms with E-state index in [2.05, 4.69) is 5.32 Å². The van der Waals surface area contributed by atoms with Gasteiger partial charge in [0.25, 0.3) is 5.91 Å². The molecule has 0 unspecified atom stereocenters. The molecule has 1 aromatic rings. The van der Waals surface area contributed by atoms with Gasteiger partial charge in [0.2, 0.25) is 5.91 Å². The summed E-state index contributed by atoms with van der Waals surface area (Å²) < 4.78 is 4.96. The minimum absolute atomic E-state index is 0.000227. The lowest BCUT2D eigenvalue weighted by Gasteiger charge is -2.35. The number of hydrogen-bond donors (Lipinski definition) is 2. The van der Waals surface area contributed by atoms with Gasteiger partial charge >= 0.3 is 0 Å². The topological polar surface area (TPSA) is 82.8 Å². The Kier molecular flexibility index (Phi) is 4.44. The van der Waals surface area contributed by atoms with Crippen molar-refractivity contribution >= 4 is 11.8 Å². The zero-order valence-electron chi connectivity index (χ0n) is 11.6. The maximum Gasteiger partial charge on any atom is 0.286 e. The highest BCUT2D eigenvalue weighted by Crippen LogP contribution is 2.21. The molecule has 0 aliphatic carbocycles. The third kappa shape index (κ3) is 3.84. The molecule has 0 atom stereocenters. The Hall–Kier alpha value is -1.82. The zero-order valence-corrected chi connectivity index (χ0v) is 11.6. The van der Waals surface area contributed by atoms with E-state index in [1.54, 1.807) is 24.0 Å². The number of aliphatic hydroxyl groups is 1. The highest BCUT2D eigenvalue weighted by atomic mass is 16.3. The van der Waals surface area contributed by atoms with E-state index in [1.165, 1.54) is 6.26 Å². The normalized spacial score (nSPS) is 17.8. The summed E-state index contributed by atoms with van der Waals surface area (Å²) in [6, 6.07) is 3.21. The first-order valence-corrected chi connectivity index (χ1v) is 6.80. The number of carbonyl (C=O) groups is 2. The summed E-state index contributed by atoms with van der Waals surface area (Å²) in [5.74, 6) is -0.0731. The number of likely N-dealkylation sites (tertiary alicyclic amines) is 1. The second-order valence-electron chi connectivity index (χ2n) is 5.36. The molecular formula is C14H20N2O4. The molecule has 1 aliphatic heterocycles. The number of hydrogen-bond acceptors (Lipinski definition) is 4. The Balaban J connectivity index is 1.69. The lowest BCUT2D eigenvalue weighted by Crippen LogP contribution is -2.45. The number of nitrogens with zero attached hydrogens (tertiary/aromatic N) is 1. The van der Waals surface area contributed by atoms with Crippen molar-refractivity contribution in [3.05, 3.63) is 24.2 Å². The number of rotatable bonds is 4. The molecule has 6 heteroatoms. The monoisotopic (exact) mass is 280 g/mol. The second kappa shape index (κ2) is 6.09. The van der Waals surface area contributed by atoms with Crippen molar-refractivity contribution in [3.63, 3.8) is 0 Å². The lowest BCUT2D eigenvalue weighted by molar-refractivity contribution is -0.134. The first kappa shape index (κ1) is 14.6. The molecule has 110 valence electrons. The van der Waals surface area contributed by atoms with Crippen LogP contribution in [0.3, 0.4) is 0 Å². The average molecular weight is 280 g/mol. The van der Waals surface area contributed by atoms with Gasteiger partial charge in [0.05, 0.1) is 11.9 Å². The first-order valence-electron chi connectivity index (χ1n) is 6.80. The van der Waals surface area contributed by atoms with E-state index in [0.29, 0.717) is 25.9 Å². The number of furan rings is 1. The van der Waals surface area contributed by atoms with E-state index in [0.717, 1.165) is 0 Å². The molecule has 1 saturated heterocycles. The van der Waals surface area contributed by atoms with Gasteiger partial charge in [-0.2, -0.15) is 0 Å². The number of nitrogens with one attached hydrogen (secondary N) is 1. The van der Waals surface area contributed by atoms with Gasteiger partial charge in [0.15, 0.2) is 5.76 Å². The molecule has 6 nitrogen and oxygen atoms in total. The Bertz CT molecular complexity index is 458. The van der Waals surface area contributed by atoms with Crippen molar-refractivity contribution in [2.24, 2.45) is 0 Å². The van der Waals surface area contributed by atoms with Crippen molar-refractivity contribution < 1.29 is 19.1 Å². The Morgan fingerprint density at radius 1 is 1.45 bits per heavy atom. The minimum Gasteiger partial charge on any atom is -0.459 e. The van der Waals surface area contributed by atoms with Crippen LogP contribution in [0.1, 0.15) is 36.7 Å². The van der Waals surface area contributed by atoms with Gasteiger partial charge in [-0.15, -0.1) is 0 Å². The van der Waals surface area contributed by atoms with E-state index in [9.17, 15) is 14.7 Å². The van der Waals surface area contributed by atoms with E-state index in [4.69, 9.17) is 4.42 Å². The van der Waals surface area contributed by atoms with Crippen molar-refractivity contribution in [1.29, 1.82) is 0 Å². The van der Waals surface area contributed by atoms with E-state index >= 15 is 0 Å². The zero-order chi connectivity index (χ0) is 14.6. The predicted octanol–water partition coefficient (Wildman–Crippen LogP) is 0.773. The molecule has 2 N–H and O–H groups in total. The summed E-state index contributed by atoms with van der Waals surface area (Å²) in [6.45, 7) is 3.21. The Labute approximate surface area is 117 Å². The molecule has 1 aromatic heterocycles. The summed E-state index contributed by atoms with van der Waals surface area (Å²) in [6.07, 6.45) is 2.88. The van der Waals surface area contributed by atoms with Crippen LogP contribution in [0, 0.1) is 0 Å². The van der Waals surface area contributed by atoms with Gasteiger partial charge in [0, 0.05) is 26.1 Å². The largest absolute Gasteiger partial charge is 0.459 e. The van der Waals surface area contributed by atoms with Crippen LogP contribution in [0.5, 0.6) is 0 Å². The lowest BCUT2D eigenvalue weighted by atomic mass is 9.94. The number of amides is 2. The number of carbonyl (C=O) groups excluding carboxylic acids is 2. The van der Waals surface area contributed by atoms with Crippen molar-refractivity contribution in [2.45, 2.75) is 31.8 Å². The van der Waals surface area contributed by atoms with Crippen LogP contribution in [0.2, 0.25) is 0 Å². The van der Waals surface area contributed by atoms with Gasteiger partial charge in [-0.3, -0.25) is 9.59 Å². The molecule has 1 fully saturated rings. The maximum atomic E-state index is 11.9. The van der Waals surface area contributed by atoms with Crippen LogP contribution in [-0.2, 0) is 4.79 Å². The van der Waals surface area contributed by atoms with Crippen LogP contribution < -0.4 is 5.32 Å². The molecule has 0 aromatic carbocycles. The first-order chi connectivity index (χ1) is 9.48. The summed E-state index contributed by atoms with van der Waals surface area (Å²) in [5, 5.41) is 12.5. The molecule has 0 saturated carbocycles. The summed E-state index contributed by atoms with van der Waals surface area (Å²) in [7, 11) is 0. The smallest absolute Gasteiger partial charge is 0.286 e. The van der Waals surface area contributed by atoms with Crippen molar-refractivity contribution in [2.75, 3.05) is 19.6 Å². The van der Waals surface area contributed by atoms with Gasteiger partial charge in [0.1, 0.15) is 0 Å². The van der Waals surface area contributed by atoms with Crippen LogP contribution in [-0.4, -0.2) is 47.1 Å². The van der Waals surface area contributed by atoms with Crippen molar-refractivity contribution in [1.82, 2.24) is 10.2 Å². The number of piperidine rings is 1. The molecule has 1 aliphatic rings. The standard InChI is InChI=1S/C14H20N2O4/c1-14(19)5-8-16(9-6-14)12(17)4-7-15-13(18)11-3-2-10-20-11/h2-3,10,19H,4-9H2,1H3,(H,15,18). The third-order valence-corrected chi connectivity index (χ3v) is 3.56.